The number of likely N-dealkylation sites (tertiary alicyclic amines) is 1. The predicted octanol–water partition coefficient (Wildman–Crippen LogP) is 3.08. The van der Waals surface area contributed by atoms with E-state index in [2.05, 4.69) is 57.6 Å². The fraction of sp³-hybridized carbons (Fsp3) is 0.750. The van der Waals surface area contributed by atoms with Crippen molar-refractivity contribution < 1.29 is 14.1 Å². The van der Waals surface area contributed by atoms with Crippen LogP contribution in [0.3, 0.4) is 0 Å². The van der Waals surface area contributed by atoms with Crippen LogP contribution in [0.25, 0.3) is 0 Å². The molecule has 214 valence electrons. The second kappa shape index (κ2) is 12.1. The quantitative estimate of drug-likeness (QED) is 0.507. The van der Waals surface area contributed by atoms with Crippen LogP contribution in [0.4, 0.5) is 12.0 Å². The van der Waals surface area contributed by atoms with Crippen LogP contribution in [0, 0.1) is 17.8 Å². The van der Waals surface area contributed by atoms with Gasteiger partial charge in [-0.25, -0.2) is 9.97 Å². The summed E-state index contributed by atoms with van der Waals surface area (Å²) in [6, 6.07) is 0.569. The van der Waals surface area contributed by atoms with Crippen molar-refractivity contribution in [3.05, 3.63) is 18.2 Å². The first-order chi connectivity index (χ1) is 18.8. The van der Waals surface area contributed by atoms with E-state index < -0.39 is 0 Å². The van der Waals surface area contributed by atoms with Gasteiger partial charge in [-0.05, 0) is 43.4 Å². The Labute approximate surface area is 231 Å². The predicted molar refractivity (Wildman–Crippen MR) is 149 cm³/mol. The average Bonchev–Trinajstić information content (AvgIpc) is 3.57. The van der Waals surface area contributed by atoms with Crippen molar-refractivity contribution in [1.82, 2.24) is 25.0 Å². The van der Waals surface area contributed by atoms with E-state index in [-0.39, 0.29) is 23.9 Å². The third kappa shape index (κ3) is 6.45. The van der Waals surface area contributed by atoms with Crippen molar-refractivity contribution in [1.29, 1.82) is 0 Å². The molecule has 2 N–H and O–H groups in total. The van der Waals surface area contributed by atoms with Gasteiger partial charge in [0.15, 0.2) is 11.6 Å². The fourth-order valence-corrected chi connectivity index (χ4v) is 6.05. The van der Waals surface area contributed by atoms with Gasteiger partial charge in [0.2, 0.25) is 11.9 Å². The van der Waals surface area contributed by atoms with Gasteiger partial charge >= 0.3 is 6.01 Å². The van der Waals surface area contributed by atoms with Crippen molar-refractivity contribution >= 4 is 17.9 Å². The van der Waals surface area contributed by atoms with E-state index in [1.165, 1.54) is 0 Å². The van der Waals surface area contributed by atoms with Gasteiger partial charge in [0.05, 0.1) is 25.0 Å². The first-order valence-corrected chi connectivity index (χ1v) is 14.6. The van der Waals surface area contributed by atoms with Crippen LogP contribution in [0.5, 0.6) is 5.75 Å². The molecule has 0 aliphatic carbocycles. The van der Waals surface area contributed by atoms with Gasteiger partial charge < -0.3 is 29.7 Å². The highest BCUT2D eigenvalue weighted by molar-refractivity contribution is 5.77. The lowest BCUT2D eigenvalue weighted by molar-refractivity contribution is -0.137. The van der Waals surface area contributed by atoms with E-state index >= 15 is 0 Å². The molecule has 0 spiro atoms. The molecule has 0 saturated carbocycles. The summed E-state index contributed by atoms with van der Waals surface area (Å²) in [5.41, 5.74) is 6.44. The summed E-state index contributed by atoms with van der Waals surface area (Å²) < 4.78 is 11.5. The molecular weight excluding hydrogens is 496 g/mol. The Morgan fingerprint density at radius 3 is 2.49 bits per heavy atom. The molecule has 1 amide bonds. The zero-order valence-electron chi connectivity index (χ0n) is 23.8. The second-order valence-corrected chi connectivity index (χ2v) is 12.1. The fourth-order valence-electron chi connectivity index (χ4n) is 6.05. The van der Waals surface area contributed by atoms with Crippen molar-refractivity contribution in [3.63, 3.8) is 0 Å². The molecule has 0 bridgehead atoms. The number of hydrogen-bond donors (Lipinski definition) is 1. The molecule has 0 radical (unpaired) electrons. The molecule has 11 nitrogen and oxygen atoms in total. The standard InChI is InChI=1S/C28H44N8O3/c1-18(2)26-32-28(39-33-26)34-9-6-21(7-10-34)20(4)8-12-38-22-14-30-27(31-15-22)35-16-23(29)24(17-35)36-11-5-19(3)13-25(36)37/h14-15,18-21,23-24H,5-13,16-17,29H2,1-4H3/t19-,20+,23-,24-/m0/s1. The van der Waals surface area contributed by atoms with Crippen LogP contribution in [-0.2, 0) is 4.79 Å². The van der Waals surface area contributed by atoms with Crippen molar-refractivity contribution in [3.8, 4) is 5.75 Å². The van der Waals surface area contributed by atoms with E-state index in [1.54, 1.807) is 12.4 Å². The first-order valence-electron chi connectivity index (χ1n) is 14.6. The third-order valence-electron chi connectivity index (χ3n) is 8.74. The molecule has 4 atom stereocenters. The van der Waals surface area contributed by atoms with E-state index in [4.69, 9.17) is 15.0 Å². The van der Waals surface area contributed by atoms with Gasteiger partial charge in [-0.15, -0.1) is 0 Å². The monoisotopic (exact) mass is 540 g/mol. The maximum atomic E-state index is 12.6. The van der Waals surface area contributed by atoms with E-state index in [0.29, 0.717) is 61.6 Å². The van der Waals surface area contributed by atoms with Crippen LogP contribution in [-0.4, -0.2) is 82.3 Å². The molecular formula is C28H44N8O3. The Bertz CT molecular complexity index is 1080. The Balaban J connectivity index is 1.04. The van der Waals surface area contributed by atoms with Crippen molar-refractivity contribution in [2.24, 2.45) is 23.5 Å². The molecule has 2 aromatic rings. The number of hydrogen-bond acceptors (Lipinski definition) is 10. The lowest BCUT2D eigenvalue weighted by Gasteiger charge is -2.36. The molecule has 5 rings (SSSR count). The molecule has 0 unspecified atom stereocenters. The number of ether oxygens (including phenoxy) is 1. The number of piperidine rings is 2. The van der Waals surface area contributed by atoms with Gasteiger partial charge in [0, 0.05) is 51.1 Å². The molecule has 3 fully saturated rings. The topological polar surface area (TPSA) is 127 Å². The van der Waals surface area contributed by atoms with Gasteiger partial charge in [0.25, 0.3) is 0 Å². The number of anilines is 2. The SMILES string of the molecule is CC(C)c1noc(N2CCC([C@H](C)CCOc3cnc(N4C[C@H](N)[C@@H](N5CC[C@H](C)CC5=O)C4)nc3)CC2)n1. The van der Waals surface area contributed by atoms with E-state index in [0.717, 1.165) is 51.1 Å². The smallest absolute Gasteiger partial charge is 0.324 e. The van der Waals surface area contributed by atoms with Gasteiger partial charge in [-0.3, -0.25) is 4.79 Å². The molecule has 11 heteroatoms. The molecule has 3 saturated heterocycles. The normalized spacial score (nSPS) is 25.5. The number of rotatable bonds is 9. The largest absolute Gasteiger partial charge is 0.490 e. The van der Waals surface area contributed by atoms with E-state index in [1.807, 2.05) is 4.90 Å². The summed E-state index contributed by atoms with van der Waals surface area (Å²) >= 11 is 0. The number of carbonyl (C=O) groups excluding carboxylic acids is 1. The Hall–Kier alpha value is -2.95. The zero-order chi connectivity index (χ0) is 27.5. The molecule has 0 aromatic carbocycles. The highest BCUT2D eigenvalue weighted by Crippen LogP contribution is 2.30. The zero-order valence-corrected chi connectivity index (χ0v) is 23.8. The number of carbonyl (C=O) groups is 1. The van der Waals surface area contributed by atoms with Gasteiger partial charge in [0.1, 0.15) is 0 Å². The summed E-state index contributed by atoms with van der Waals surface area (Å²) in [4.78, 5) is 32.5. The molecule has 3 aliphatic heterocycles. The highest BCUT2D eigenvalue weighted by Gasteiger charge is 2.39. The minimum absolute atomic E-state index is 0.0161. The summed E-state index contributed by atoms with van der Waals surface area (Å²) in [5.74, 6) is 4.24. The lowest BCUT2D eigenvalue weighted by Crippen LogP contribution is -2.52. The van der Waals surface area contributed by atoms with Gasteiger partial charge in [-0.1, -0.05) is 32.9 Å². The summed E-state index contributed by atoms with van der Waals surface area (Å²) in [6.45, 7) is 13.2. The summed E-state index contributed by atoms with van der Waals surface area (Å²) in [6.07, 6.45) is 8.34. The van der Waals surface area contributed by atoms with Crippen LogP contribution < -0.4 is 20.3 Å². The van der Waals surface area contributed by atoms with Crippen molar-refractivity contribution in [2.45, 2.75) is 77.8 Å². The summed E-state index contributed by atoms with van der Waals surface area (Å²) in [7, 11) is 0. The number of aromatic nitrogens is 4. The Kier molecular flexibility index (Phi) is 8.54. The minimum atomic E-state index is -0.0974. The molecule has 5 heterocycles. The maximum absolute atomic E-state index is 12.6. The minimum Gasteiger partial charge on any atom is -0.490 e. The Morgan fingerprint density at radius 2 is 1.82 bits per heavy atom. The third-order valence-corrected chi connectivity index (χ3v) is 8.74. The number of amides is 1. The summed E-state index contributed by atoms with van der Waals surface area (Å²) in [5, 5.41) is 4.10. The van der Waals surface area contributed by atoms with Crippen LogP contribution in [0.1, 0.15) is 71.5 Å². The average molecular weight is 541 g/mol. The van der Waals surface area contributed by atoms with Crippen molar-refractivity contribution in [2.75, 3.05) is 49.1 Å². The van der Waals surface area contributed by atoms with E-state index in [9.17, 15) is 4.79 Å². The Morgan fingerprint density at radius 1 is 1.08 bits per heavy atom. The highest BCUT2D eigenvalue weighted by atomic mass is 16.5. The lowest BCUT2D eigenvalue weighted by atomic mass is 9.84. The number of nitrogens with two attached hydrogens (primary N) is 1. The number of nitrogens with zero attached hydrogens (tertiary/aromatic N) is 7. The molecule has 39 heavy (non-hydrogen) atoms. The first kappa shape index (κ1) is 27.6. The van der Waals surface area contributed by atoms with Crippen LogP contribution >= 0.6 is 0 Å². The van der Waals surface area contributed by atoms with Crippen LogP contribution in [0.15, 0.2) is 16.9 Å². The molecule has 2 aromatic heterocycles. The molecule has 3 aliphatic rings. The van der Waals surface area contributed by atoms with Crippen LogP contribution in [0.2, 0.25) is 0 Å². The van der Waals surface area contributed by atoms with Gasteiger partial charge in [-0.2, -0.15) is 4.98 Å². The second-order valence-electron chi connectivity index (χ2n) is 12.1. The maximum Gasteiger partial charge on any atom is 0.324 e.